The molecule has 1 aromatic heterocycles. The minimum Gasteiger partial charge on any atom is -0.322 e. The minimum atomic E-state index is -0.243. The molecule has 2 amide bonds. The summed E-state index contributed by atoms with van der Waals surface area (Å²) in [6.07, 6.45) is 3.96. The molecule has 1 N–H and O–H groups in total. The Labute approximate surface area is 155 Å². The van der Waals surface area contributed by atoms with Gasteiger partial charge in [-0.1, -0.05) is 12.1 Å². The average molecular weight is 362 g/mol. The van der Waals surface area contributed by atoms with E-state index >= 15 is 0 Å². The van der Waals surface area contributed by atoms with Gasteiger partial charge in [-0.3, -0.25) is 9.59 Å². The average Bonchev–Trinajstić information content (AvgIpc) is 3.23. The first-order chi connectivity index (χ1) is 13.2. The first-order valence-corrected chi connectivity index (χ1v) is 8.76. The van der Waals surface area contributed by atoms with Crippen LogP contribution >= 0.6 is 0 Å². The zero-order valence-electron chi connectivity index (χ0n) is 14.6. The summed E-state index contributed by atoms with van der Waals surface area (Å²) in [5, 5.41) is 13.9. The molecule has 0 spiro atoms. The number of rotatable bonds is 4. The van der Waals surface area contributed by atoms with E-state index in [1.165, 1.54) is 11.0 Å². The van der Waals surface area contributed by atoms with Crippen LogP contribution in [0.3, 0.4) is 0 Å². The summed E-state index contributed by atoms with van der Waals surface area (Å²) >= 11 is 0. The van der Waals surface area contributed by atoms with Crippen molar-refractivity contribution < 1.29 is 9.59 Å². The fraction of sp³-hybridized carbons (Fsp3) is 0.211. The van der Waals surface area contributed by atoms with E-state index in [1.807, 2.05) is 24.3 Å². The fourth-order valence-corrected chi connectivity index (χ4v) is 3.10. The maximum absolute atomic E-state index is 12.6. The van der Waals surface area contributed by atoms with Crippen LogP contribution in [0.1, 0.15) is 29.6 Å². The molecule has 2 heterocycles. The van der Waals surface area contributed by atoms with Crippen LogP contribution in [-0.4, -0.2) is 38.6 Å². The van der Waals surface area contributed by atoms with Gasteiger partial charge in [-0.25, -0.2) is 4.68 Å². The number of anilines is 2. The van der Waals surface area contributed by atoms with Crippen LogP contribution in [0.5, 0.6) is 0 Å². The van der Waals surface area contributed by atoms with Crippen molar-refractivity contribution in [2.24, 2.45) is 0 Å². The molecule has 8 heteroatoms. The van der Waals surface area contributed by atoms with Crippen LogP contribution in [0.25, 0.3) is 5.69 Å². The lowest BCUT2D eigenvalue weighted by Crippen LogP contribution is -2.35. The van der Waals surface area contributed by atoms with E-state index in [0.717, 1.165) is 18.5 Å². The summed E-state index contributed by atoms with van der Waals surface area (Å²) in [5.74, 6) is -0.120. The standard InChI is InChI=1S/C19H18N6O2/c26-18-9-1-2-10-24(18)16-7-4-6-15(12-16)21-19(27)14-5-3-8-17(11-14)25-13-20-22-23-25/h3-8,11-13H,1-2,9-10H2,(H,21,27). The summed E-state index contributed by atoms with van der Waals surface area (Å²) in [6.45, 7) is 0.713. The van der Waals surface area contributed by atoms with Crippen LogP contribution in [0.15, 0.2) is 54.9 Å². The smallest absolute Gasteiger partial charge is 0.255 e. The van der Waals surface area contributed by atoms with Crippen LogP contribution in [-0.2, 0) is 4.79 Å². The van der Waals surface area contributed by atoms with E-state index in [1.54, 1.807) is 29.2 Å². The van der Waals surface area contributed by atoms with Crippen molar-refractivity contribution in [1.29, 1.82) is 0 Å². The number of nitrogens with one attached hydrogen (secondary N) is 1. The monoisotopic (exact) mass is 362 g/mol. The van der Waals surface area contributed by atoms with Gasteiger partial charge in [0, 0.05) is 29.9 Å². The Hall–Kier alpha value is -3.55. The number of carbonyl (C=O) groups is 2. The molecule has 0 aliphatic carbocycles. The Kier molecular flexibility index (Phi) is 4.61. The lowest BCUT2D eigenvalue weighted by Gasteiger charge is -2.27. The van der Waals surface area contributed by atoms with Crippen molar-refractivity contribution in [3.05, 3.63) is 60.4 Å². The molecule has 0 unspecified atom stereocenters. The maximum Gasteiger partial charge on any atom is 0.255 e. The molecule has 0 bridgehead atoms. The highest BCUT2D eigenvalue weighted by atomic mass is 16.2. The third kappa shape index (κ3) is 3.69. The third-order valence-electron chi connectivity index (χ3n) is 4.46. The van der Waals surface area contributed by atoms with Crippen molar-refractivity contribution in [3.63, 3.8) is 0 Å². The number of aromatic nitrogens is 4. The van der Waals surface area contributed by atoms with Gasteiger partial charge in [-0.05, 0) is 59.7 Å². The van der Waals surface area contributed by atoms with E-state index in [-0.39, 0.29) is 11.8 Å². The molecular weight excluding hydrogens is 344 g/mol. The minimum absolute atomic E-state index is 0.124. The topological polar surface area (TPSA) is 93.0 Å². The summed E-state index contributed by atoms with van der Waals surface area (Å²) in [5.41, 5.74) is 2.63. The second-order valence-electron chi connectivity index (χ2n) is 6.31. The van der Waals surface area contributed by atoms with Gasteiger partial charge in [0.05, 0.1) is 5.69 Å². The third-order valence-corrected chi connectivity index (χ3v) is 4.46. The van der Waals surface area contributed by atoms with Gasteiger partial charge in [0.15, 0.2) is 0 Å². The highest BCUT2D eigenvalue weighted by Crippen LogP contribution is 2.24. The molecule has 1 aliphatic heterocycles. The van der Waals surface area contributed by atoms with E-state index in [2.05, 4.69) is 20.8 Å². The molecule has 136 valence electrons. The molecule has 2 aromatic carbocycles. The predicted octanol–water partition coefficient (Wildman–Crippen LogP) is 2.43. The largest absolute Gasteiger partial charge is 0.322 e. The highest BCUT2D eigenvalue weighted by molar-refractivity contribution is 6.05. The van der Waals surface area contributed by atoms with Gasteiger partial charge in [-0.15, -0.1) is 5.10 Å². The van der Waals surface area contributed by atoms with E-state index in [4.69, 9.17) is 0 Å². The number of nitrogens with zero attached hydrogens (tertiary/aromatic N) is 5. The highest BCUT2D eigenvalue weighted by Gasteiger charge is 2.20. The number of tetrazole rings is 1. The molecule has 1 aliphatic rings. The Bertz CT molecular complexity index is 970. The summed E-state index contributed by atoms with van der Waals surface area (Å²) in [7, 11) is 0. The first kappa shape index (κ1) is 16.9. The zero-order valence-corrected chi connectivity index (χ0v) is 14.6. The Morgan fingerprint density at radius 2 is 1.89 bits per heavy atom. The maximum atomic E-state index is 12.6. The Balaban J connectivity index is 1.52. The number of hydrogen-bond donors (Lipinski definition) is 1. The number of carbonyl (C=O) groups excluding carboxylic acids is 2. The molecule has 0 saturated carbocycles. The summed E-state index contributed by atoms with van der Waals surface area (Å²) < 4.78 is 1.49. The molecule has 0 radical (unpaired) electrons. The van der Waals surface area contributed by atoms with Crippen molar-refractivity contribution in [3.8, 4) is 5.69 Å². The van der Waals surface area contributed by atoms with Gasteiger partial charge >= 0.3 is 0 Å². The van der Waals surface area contributed by atoms with E-state index in [0.29, 0.717) is 29.9 Å². The van der Waals surface area contributed by atoms with Gasteiger partial charge in [0.2, 0.25) is 5.91 Å². The fourth-order valence-electron chi connectivity index (χ4n) is 3.10. The van der Waals surface area contributed by atoms with Gasteiger partial charge in [0.25, 0.3) is 5.91 Å². The van der Waals surface area contributed by atoms with Gasteiger partial charge in [0.1, 0.15) is 6.33 Å². The summed E-state index contributed by atoms with van der Waals surface area (Å²) in [4.78, 5) is 26.5. The summed E-state index contributed by atoms with van der Waals surface area (Å²) in [6, 6.07) is 14.4. The number of benzene rings is 2. The molecule has 3 aromatic rings. The van der Waals surface area contributed by atoms with Crippen molar-refractivity contribution in [2.45, 2.75) is 19.3 Å². The molecule has 4 rings (SSSR count). The van der Waals surface area contributed by atoms with Crippen molar-refractivity contribution >= 4 is 23.2 Å². The Morgan fingerprint density at radius 3 is 2.70 bits per heavy atom. The number of amides is 2. The molecule has 27 heavy (non-hydrogen) atoms. The lowest BCUT2D eigenvalue weighted by molar-refractivity contribution is -0.119. The van der Waals surface area contributed by atoms with E-state index in [9.17, 15) is 9.59 Å². The number of hydrogen-bond acceptors (Lipinski definition) is 5. The first-order valence-electron chi connectivity index (χ1n) is 8.76. The van der Waals surface area contributed by atoms with Crippen LogP contribution in [0, 0.1) is 0 Å². The SMILES string of the molecule is O=C(Nc1cccc(N2CCCCC2=O)c1)c1cccc(-n2cnnn2)c1. The van der Waals surface area contributed by atoms with Crippen molar-refractivity contribution in [2.75, 3.05) is 16.8 Å². The molecular formula is C19H18N6O2. The van der Waals surface area contributed by atoms with Crippen molar-refractivity contribution in [1.82, 2.24) is 20.2 Å². The van der Waals surface area contributed by atoms with Crippen LogP contribution in [0.4, 0.5) is 11.4 Å². The van der Waals surface area contributed by atoms with Crippen LogP contribution < -0.4 is 10.2 Å². The van der Waals surface area contributed by atoms with Gasteiger partial charge < -0.3 is 10.2 Å². The molecule has 1 fully saturated rings. The van der Waals surface area contributed by atoms with E-state index < -0.39 is 0 Å². The quantitative estimate of drug-likeness (QED) is 0.769. The second kappa shape index (κ2) is 7.36. The predicted molar refractivity (Wildman–Crippen MR) is 99.8 cm³/mol. The molecule has 1 saturated heterocycles. The second-order valence-corrected chi connectivity index (χ2v) is 6.31. The zero-order chi connectivity index (χ0) is 18.6. The van der Waals surface area contributed by atoms with Crippen LogP contribution in [0.2, 0.25) is 0 Å². The van der Waals surface area contributed by atoms with Gasteiger partial charge in [-0.2, -0.15) is 0 Å². The lowest BCUT2D eigenvalue weighted by atomic mass is 10.1. The normalized spacial score (nSPS) is 14.2. The Morgan fingerprint density at radius 1 is 1.04 bits per heavy atom. The number of piperidine rings is 1. The molecule has 0 atom stereocenters. The molecule has 8 nitrogen and oxygen atoms in total.